The van der Waals surface area contributed by atoms with Crippen LogP contribution in [0.1, 0.15) is 38.3 Å². The summed E-state index contributed by atoms with van der Waals surface area (Å²) >= 11 is 0. The molecule has 8 heteroatoms. The summed E-state index contributed by atoms with van der Waals surface area (Å²) in [4.78, 5) is 25.6. The number of carbonyl (C=O) groups excluding carboxylic acids is 2. The van der Waals surface area contributed by atoms with Crippen molar-refractivity contribution in [3.8, 4) is 17.2 Å². The van der Waals surface area contributed by atoms with E-state index in [9.17, 15) is 9.59 Å². The molecule has 184 valence electrons. The zero-order valence-corrected chi connectivity index (χ0v) is 21.0. The Morgan fingerprint density at radius 2 is 1.71 bits per heavy atom. The van der Waals surface area contributed by atoms with E-state index in [1.54, 1.807) is 34.3 Å². The molecule has 4 atom stereocenters. The maximum absolute atomic E-state index is 13.2. The fourth-order valence-electron chi connectivity index (χ4n) is 6.38. The lowest BCUT2D eigenvalue weighted by Gasteiger charge is -2.43. The summed E-state index contributed by atoms with van der Waals surface area (Å²) in [6, 6.07) is 1.95. The van der Waals surface area contributed by atoms with E-state index in [0.717, 1.165) is 11.1 Å². The number of hydrogen-bond acceptors (Lipinski definition) is 8. The first-order chi connectivity index (χ1) is 16.2. The van der Waals surface area contributed by atoms with Crippen molar-refractivity contribution in [1.82, 2.24) is 0 Å². The quantitative estimate of drug-likeness (QED) is 0.557. The van der Waals surface area contributed by atoms with Crippen LogP contribution in [0.5, 0.6) is 17.2 Å². The maximum Gasteiger partial charge on any atom is 0.306 e. The van der Waals surface area contributed by atoms with Crippen LogP contribution in [0, 0.1) is 11.3 Å². The van der Waals surface area contributed by atoms with Gasteiger partial charge in [0.15, 0.2) is 17.3 Å². The van der Waals surface area contributed by atoms with Crippen molar-refractivity contribution >= 4 is 11.8 Å². The van der Waals surface area contributed by atoms with Gasteiger partial charge in [-0.05, 0) is 35.1 Å². The molecule has 3 aliphatic rings. The van der Waals surface area contributed by atoms with Crippen molar-refractivity contribution in [2.75, 3.05) is 35.5 Å². The lowest BCUT2D eigenvalue weighted by Crippen LogP contribution is -2.45. The molecule has 0 heterocycles. The number of fused-ring (bicyclic) bond motifs is 1. The molecule has 0 N–H and O–H groups in total. The fraction of sp³-hybridized carbons (Fsp3) is 0.538. The van der Waals surface area contributed by atoms with Crippen molar-refractivity contribution in [2.45, 2.75) is 45.1 Å². The lowest BCUT2D eigenvalue weighted by atomic mass is 9.60. The highest BCUT2D eigenvalue weighted by molar-refractivity contribution is 6.06. The maximum atomic E-state index is 13.2. The van der Waals surface area contributed by atoms with Gasteiger partial charge < -0.3 is 28.4 Å². The van der Waals surface area contributed by atoms with Gasteiger partial charge in [-0.2, -0.15) is 0 Å². The van der Waals surface area contributed by atoms with Gasteiger partial charge in [0.1, 0.15) is 6.10 Å². The van der Waals surface area contributed by atoms with Crippen LogP contribution >= 0.6 is 0 Å². The van der Waals surface area contributed by atoms with Gasteiger partial charge in [0.05, 0.1) is 41.0 Å². The van der Waals surface area contributed by atoms with E-state index >= 15 is 0 Å². The number of ether oxygens (including phenoxy) is 6. The molecule has 3 aliphatic carbocycles. The van der Waals surface area contributed by atoms with Crippen molar-refractivity contribution < 1.29 is 38.0 Å². The van der Waals surface area contributed by atoms with Crippen molar-refractivity contribution in [3.05, 3.63) is 40.4 Å². The number of ketones is 1. The van der Waals surface area contributed by atoms with Crippen LogP contribution in [0.25, 0.3) is 0 Å². The van der Waals surface area contributed by atoms with Crippen LogP contribution in [0.4, 0.5) is 0 Å². The van der Waals surface area contributed by atoms with Crippen molar-refractivity contribution in [1.29, 1.82) is 0 Å². The third-order valence-corrected chi connectivity index (χ3v) is 7.91. The smallest absolute Gasteiger partial charge is 0.306 e. The molecule has 0 bridgehead atoms. The van der Waals surface area contributed by atoms with Gasteiger partial charge in [0.2, 0.25) is 17.3 Å². The van der Waals surface area contributed by atoms with Gasteiger partial charge >= 0.3 is 5.97 Å². The van der Waals surface area contributed by atoms with Gasteiger partial charge in [0, 0.05) is 17.9 Å². The first-order valence-electron chi connectivity index (χ1n) is 11.3. The van der Waals surface area contributed by atoms with Crippen LogP contribution < -0.4 is 14.2 Å². The second-order valence-corrected chi connectivity index (χ2v) is 9.11. The monoisotopic (exact) mass is 472 g/mol. The lowest BCUT2D eigenvalue weighted by molar-refractivity contribution is -0.149. The second kappa shape index (κ2) is 8.25. The summed E-state index contributed by atoms with van der Waals surface area (Å²) in [5, 5.41) is 0. The third kappa shape index (κ3) is 2.71. The molecule has 1 aromatic rings. The molecular formula is C26H32O8. The summed E-state index contributed by atoms with van der Waals surface area (Å²) in [6.45, 7) is 5.93. The predicted octanol–water partition coefficient (Wildman–Crippen LogP) is 3.50. The number of benzene rings is 1. The molecule has 0 radical (unpaired) electrons. The van der Waals surface area contributed by atoms with E-state index in [-0.39, 0.29) is 29.9 Å². The number of allylic oxidation sites excluding steroid dienone is 2. The molecule has 8 nitrogen and oxygen atoms in total. The minimum absolute atomic E-state index is 0.122. The van der Waals surface area contributed by atoms with Gasteiger partial charge in [-0.15, -0.1) is 0 Å². The summed E-state index contributed by atoms with van der Waals surface area (Å²) in [7, 11) is 7.68. The molecule has 0 amide bonds. The number of esters is 1. The largest absolute Gasteiger partial charge is 0.496 e. The van der Waals surface area contributed by atoms with Crippen LogP contribution in [0.2, 0.25) is 0 Å². The van der Waals surface area contributed by atoms with E-state index in [1.807, 2.05) is 13.0 Å². The van der Waals surface area contributed by atoms with Gasteiger partial charge in [-0.1, -0.05) is 20.8 Å². The van der Waals surface area contributed by atoms with Gasteiger partial charge in [0.25, 0.3) is 0 Å². The minimum Gasteiger partial charge on any atom is -0.496 e. The van der Waals surface area contributed by atoms with E-state index in [2.05, 4.69) is 6.92 Å². The number of methoxy groups -OCH3 is 5. The van der Waals surface area contributed by atoms with Crippen molar-refractivity contribution in [2.24, 2.45) is 11.3 Å². The molecule has 0 saturated heterocycles. The molecule has 0 aromatic heterocycles. The molecule has 1 fully saturated rings. The highest BCUT2D eigenvalue weighted by atomic mass is 16.5. The standard InChI is InChI=1S/C26H32O8/c1-9-18(28)34-20-13(2)25(3)12-14-10-17(29-4)22(31-6)23(32-7)19(14)26(25)15(20)11-16(27)21(30-5)24(26)33-8/h10-11,13,20H,9,12H2,1-8H3/t13-,20+,25+,26+/m0/s1. The fourth-order valence-corrected chi connectivity index (χ4v) is 6.38. The topological polar surface area (TPSA) is 89.5 Å². The zero-order chi connectivity index (χ0) is 25.0. The molecule has 4 rings (SSSR count). The number of rotatable bonds is 7. The summed E-state index contributed by atoms with van der Waals surface area (Å²) in [5.41, 5.74) is 0.937. The SMILES string of the molecule is CCC(=O)O[C@H]1C2=CC(=O)C(OC)=C(OC)[C@]23c2c(cc(OC)c(OC)c2OC)C[C@]3(C)[C@H]1C. The van der Waals surface area contributed by atoms with Crippen LogP contribution in [0.15, 0.2) is 29.2 Å². The van der Waals surface area contributed by atoms with E-state index in [0.29, 0.717) is 35.0 Å². The van der Waals surface area contributed by atoms with Gasteiger partial charge in [-0.25, -0.2) is 0 Å². The van der Waals surface area contributed by atoms with E-state index in [4.69, 9.17) is 28.4 Å². The Labute approximate surface area is 199 Å². The predicted molar refractivity (Wildman–Crippen MR) is 123 cm³/mol. The minimum atomic E-state index is -0.973. The van der Waals surface area contributed by atoms with Crippen molar-refractivity contribution in [3.63, 3.8) is 0 Å². The Kier molecular flexibility index (Phi) is 5.82. The molecule has 1 spiro atoms. The van der Waals surface area contributed by atoms with E-state index in [1.165, 1.54) is 14.2 Å². The van der Waals surface area contributed by atoms with Gasteiger partial charge in [-0.3, -0.25) is 9.59 Å². The third-order valence-electron chi connectivity index (χ3n) is 7.91. The Hall–Kier alpha value is -3.16. The Morgan fingerprint density at radius 1 is 1.03 bits per heavy atom. The van der Waals surface area contributed by atoms with E-state index < -0.39 is 16.9 Å². The second-order valence-electron chi connectivity index (χ2n) is 9.11. The summed E-state index contributed by atoms with van der Waals surface area (Å²) in [6.07, 6.45) is 1.77. The molecule has 1 saturated carbocycles. The Balaban J connectivity index is 2.16. The van der Waals surface area contributed by atoms with Crippen LogP contribution in [-0.2, 0) is 35.6 Å². The van der Waals surface area contributed by atoms with Crippen LogP contribution in [-0.4, -0.2) is 53.4 Å². The molecular weight excluding hydrogens is 440 g/mol. The normalized spacial score (nSPS) is 29.1. The molecule has 0 unspecified atom stereocenters. The summed E-state index contributed by atoms with van der Waals surface area (Å²) in [5.74, 6) is 1.16. The molecule has 0 aliphatic heterocycles. The zero-order valence-electron chi connectivity index (χ0n) is 21.0. The average molecular weight is 473 g/mol. The molecule has 34 heavy (non-hydrogen) atoms. The Morgan fingerprint density at radius 3 is 2.24 bits per heavy atom. The van der Waals surface area contributed by atoms with Crippen LogP contribution in [0.3, 0.4) is 0 Å². The highest BCUT2D eigenvalue weighted by Crippen LogP contribution is 2.73. The first-order valence-corrected chi connectivity index (χ1v) is 11.3. The first kappa shape index (κ1) is 24.0. The highest BCUT2D eigenvalue weighted by Gasteiger charge is 2.73. The average Bonchev–Trinajstić information content (AvgIpc) is 3.19. The molecule has 1 aromatic carbocycles. The summed E-state index contributed by atoms with van der Waals surface area (Å²) < 4.78 is 34.8. The Bertz CT molecular complexity index is 1120. The number of hydrogen-bond donors (Lipinski definition) is 0. The number of carbonyl (C=O) groups is 2.